The normalized spacial score (nSPS) is 11.7. The molecule has 18 heavy (non-hydrogen) atoms. The van der Waals surface area contributed by atoms with Gasteiger partial charge >= 0.3 is 6.18 Å². The van der Waals surface area contributed by atoms with E-state index >= 15 is 0 Å². The molecule has 0 aliphatic heterocycles. The van der Waals surface area contributed by atoms with E-state index in [2.05, 4.69) is 6.92 Å². The van der Waals surface area contributed by atoms with Gasteiger partial charge in [0.1, 0.15) is 0 Å². The Kier molecular flexibility index (Phi) is 5.30. The zero-order chi connectivity index (χ0) is 13.8. The number of rotatable bonds is 5. The molecule has 0 bridgehead atoms. The van der Waals surface area contributed by atoms with E-state index in [0.29, 0.717) is 0 Å². The minimum absolute atomic E-state index is 0.510. The fraction of sp³-hybridized carbons (Fsp3) is 0.571. The average Bonchev–Trinajstić information content (AvgIpc) is 2.27. The van der Waals surface area contributed by atoms with E-state index in [4.69, 9.17) is 0 Å². The molecule has 0 aliphatic carbocycles. The second kappa shape index (κ2) is 6.30. The van der Waals surface area contributed by atoms with Crippen LogP contribution in [-0.4, -0.2) is 7.28 Å². The van der Waals surface area contributed by atoms with Crippen molar-refractivity contribution in [2.75, 3.05) is 0 Å². The van der Waals surface area contributed by atoms with Gasteiger partial charge in [-0.15, -0.1) is 0 Å². The summed E-state index contributed by atoms with van der Waals surface area (Å²) < 4.78 is 38.3. The van der Waals surface area contributed by atoms with Gasteiger partial charge in [-0.1, -0.05) is 43.2 Å². The molecule has 0 amide bonds. The minimum atomic E-state index is -4.24. The van der Waals surface area contributed by atoms with Crippen molar-refractivity contribution in [1.82, 2.24) is 0 Å². The second-order valence-electron chi connectivity index (χ2n) is 4.74. The van der Waals surface area contributed by atoms with Gasteiger partial charge in [0.2, 0.25) is 0 Å². The lowest BCUT2D eigenvalue weighted by atomic mass is 9.67. The van der Waals surface area contributed by atoms with Crippen LogP contribution in [0, 0.1) is 6.92 Å². The number of alkyl halides is 3. The van der Waals surface area contributed by atoms with Gasteiger partial charge < -0.3 is 0 Å². The molecule has 0 saturated heterocycles. The second-order valence-corrected chi connectivity index (χ2v) is 4.74. The van der Waals surface area contributed by atoms with Crippen molar-refractivity contribution in [3.05, 3.63) is 28.8 Å². The third-order valence-electron chi connectivity index (χ3n) is 3.30. The lowest BCUT2D eigenvalue weighted by Crippen LogP contribution is -2.22. The lowest BCUT2D eigenvalue weighted by Gasteiger charge is -2.15. The van der Waals surface area contributed by atoms with Gasteiger partial charge in [0.25, 0.3) is 0 Å². The molecule has 0 fully saturated rings. The summed E-state index contributed by atoms with van der Waals surface area (Å²) in [6.45, 7) is 5.87. The highest BCUT2D eigenvalue weighted by Crippen LogP contribution is 2.30. The quantitative estimate of drug-likeness (QED) is 0.554. The predicted molar refractivity (Wildman–Crippen MR) is 72.1 cm³/mol. The van der Waals surface area contributed by atoms with E-state index in [9.17, 15) is 13.2 Å². The molecule has 1 rings (SSSR count). The van der Waals surface area contributed by atoms with E-state index in [1.807, 2.05) is 6.82 Å². The van der Waals surface area contributed by atoms with E-state index in [-0.39, 0.29) is 0 Å². The topological polar surface area (TPSA) is 0 Å². The van der Waals surface area contributed by atoms with Gasteiger partial charge in [0.15, 0.2) is 7.28 Å². The minimum Gasteiger partial charge on any atom is -0.166 e. The van der Waals surface area contributed by atoms with Crippen molar-refractivity contribution in [3.63, 3.8) is 0 Å². The first-order chi connectivity index (χ1) is 8.40. The summed E-state index contributed by atoms with van der Waals surface area (Å²) in [5, 5.41) is 0. The van der Waals surface area contributed by atoms with Crippen molar-refractivity contribution in [1.29, 1.82) is 0 Å². The molecule has 4 heteroatoms. The molecule has 0 saturated carbocycles. The van der Waals surface area contributed by atoms with Gasteiger partial charge in [-0.3, -0.25) is 0 Å². The molecule has 0 spiro atoms. The Morgan fingerprint density at radius 3 is 2.33 bits per heavy atom. The summed E-state index contributed by atoms with van der Waals surface area (Å²) in [5.41, 5.74) is 2.21. The molecule has 0 unspecified atom stereocenters. The first-order valence-corrected chi connectivity index (χ1v) is 6.59. The van der Waals surface area contributed by atoms with E-state index in [0.717, 1.165) is 49.6 Å². The standard InChI is InChI=1S/C14H20BF3/c1-4-5-6-7-11-9-12(14(16,17)18)8-10(2)13(11)15-3/h8-9,15H,4-7H2,1-3H3. The number of hydrogen-bond acceptors (Lipinski definition) is 0. The first kappa shape index (κ1) is 15.1. The summed E-state index contributed by atoms with van der Waals surface area (Å²) in [4.78, 5) is 0. The maximum atomic E-state index is 12.8. The average molecular weight is 256 g/mol. The van der Waals surface area contributed by atoms with Crippen LogP contribution in [-0.2, 0) is 12.6 Å². The fourth-order valence-electron chi connectivity index (χ4n) is 2.35. The van der Waals surface area contributed by atoms with E-state index in [1.54, 1.807) is 6.92 Å². The first-order valence-electron chi connectivity index (χ1n) is 6.59. The third-order valence-corrected chi connectivity index (χ3v) is 3.30. The van der Waals surface area contributed by atoms with Crippen LogP contribution < -0.4 is 5.46 Å². The molecule has 100 valence electrons. The lowest BCUT2D eigenvalue weighted by molar-refractivity contribution is -0.137. The van der Waals surface area contributed by atoms with Crippen LogP contribution in [0.25, 0.3) is 0 Å². The van der Waals surface area contributed by atoms with Crippen LogP contribution in [0.3, 0.4) is 0 Å². The van der Waals surface area contributed by atoms with E-state index < -0.39 is 11.7 Å². The molecule has 0 heterocycles. The molecular formula is C14H20BF3. The molecule has 0 atom stereocenters. The highest BCUT2D eigenvalue weighted by molar-refractivity contribution is 6.53. The molecule has 1 aromatic carbocycles. The number of benzene rings is 1. The monoisotopic (exact) mass is 256 g/mol. The highest BCUT2D eigenvalue weighted by Gasteiger charge is 2.31. The SMILES string of the molecule is CBc1c(C)cc(C(F)(F)F)cc1CCCCC. The molecule has 1 aromatic rings. The summed E-state index contributed by atoms with van der Waals surface area (Å²) in [6.07, 6.45) is -0.375. The largest absolute Gasteiger partial charge is 0.416 e. The Bertz CT molecular complexity index is 397. The highest BCUT2D eigenvalue weighted by atomic mass is 19.4. The van der Waals surface area contributed by atoms with Crippen molar-refractivity contribution in [2.24, 2.45) is 0 Å². The molecule has 0 radical (unpaired) electrons. The Hall–Kier alpha value is -0.925. The Morgan fingerprint density at radius 2 is 1.83 bits per heavy atom. The van der Waals surface area contributed by atoms with Crippen molar-refractivity contribution < 1.29 is 13.2 Å². The van der Waals surface area contributed by atoms with Crippen molar-refractivity contribution >= 4 is 12.7 Å². The summed E-state index contributed by atoms with van der Waals surface area (Å²) >= 11 is 0. The molecule has 0 N–H and O–H groups in total. The zero-order valence-electron chi connectivity index (χ0n) is 11.3. The zero-order valence-corrected chi connectivity index (χ0v) is 11.3. The number of aryl methyl sites for hydroxylation is 2. The number of halogens is 3. The Morgan fingerprint density at radius 1 is 1.17 bits per heavy atom. The Labute approximate surface area is 108 Å². The van der Waals surface area contributed by atoms with E-state index in [1.165, 1.54) is 12.1 Å². The van der Waals surface area contributed by atoms with Crippen LogP contribution in [0.2, 0.25) is 6.82 Å². The fourth-order valence-corrected chi connectivity index (χ4v) is 2.35. The van der Waals surface area contributed by atoms with Gasteiger partial charge in [0, 0.05) is 0 Å². The number of unbranched alkanes of at least 4 members (excludes halogenated alkanes) is 2. The maximum Gasteiger partial charge on any atom is 0.416 e. The van der Waals surface area contributed by atoms with Crippen LogP contribution in [0.4, 0.5) is 13.2 Å². The third kappa shape index (κ3) is 3.79. The molecule has 0 nitrogen and oxygen atoms in total. The predicted octanol–water partition coefficient (Wildman–Crippen LogP) is 3.86. The molecular weight excluding hydrogens is 236 g/mol. The van der Waals surface area contributed by atoms with Crippen LogP contribution in [0.5, 0.6) is 0 Å². The maximum absolute atomic E-state index is 12.8. The van der Waals surface area contributed by atoms with Crippen LogP contribution in [0.15, 0.2) is 12.1 Å². The summed E-state index contributed by atoms with van der Waals surface area (Å²) in [5.74, 6) is 0. The van der Waals surface area contributed by atoms with Gasteiger partial charge in [0.05, 0.1) is 5.56 Å². The van der Waals surface area contributed by atoms with Gasteiger partial charge in [-0.25, -0.2) is 0 Å². The number of hydrogen-bond donors (Lipinski definition) is 0. The van der Waals surface area contributed by atoms with Crippen LogP contribution in [0.1, 0.15) is 42.9 Å². The summed E-state index contributed by atoms with van der Waals surface area (Å²) in [7, 11) is 0.797. The molecule has 0 aromatic heterocycles. The van der Waals surface area contributed by atoms with Crippen LogP contribution >= 0.6 is 0 Å². The van der Waals surface area contributed by atoms with Crippen molar-refractivity contribution in [3.8, 4) is 0 Å². The Balaban J connectivity index is 3.07. The molecule has 0 aliphatic rings. The van der Waals surface area contributed by atoms with Crippen molar-refractivity contribution in [2.45, 2.75) is 52.5 Å². The van der Waals surface area contributed by atoms with Gasteiger partial charge in [-0.05, 0) is 31.9 Å². The smallest absolute Gasteiger partial charge is 0.166 e. The van der Waals surface area contributed by atoms with Gasteiger partial charge in [-0.2, -0.15) is 13.2 Å². The summed E-state index contributed by atoms with van der Waals surface area (Å²) in [6, 6.07) is 2.60.